The average Bonchev–Trinajstić information content (AvgIpc) is 2.92. The van der Waals surface area contributed by atoms with Crippen LogP contribution in [0, 0.1) is 17.0 Å². The van der Waals surface area contributed by atoms with Gasteiger partial charge in [0.05, 0.1) is 40.3 Å². The van der Waals surface area contributed by atoms with Crippen LogP contribution in [0.5, 0.6) is 5.75 Å². The van der Waals surface area contributed by atoms with Gasteiger partial charge in [0.1, 0.15) is 23.5 Å². The van der Waals surface area contributed by atoms with Gasteiger partial charge in [-0.2, -0.15) is 13.2 Å². The zero-order valence-electron chi connectivity index (χ0n) is 21.6. The molecule has 3 aromatic rings. The fraction of sp³-hybridized carbons (Fsp3) is 0.321. The Morgan fingerprint density at radius 2 is 1.76 bits per heavy atom. The highest BCUT2D eigenvalue weighted by molar-refractivity contribution is 7.92. The minimum atomic E-state index is -4.85. The number of carboxylic acid groups (broad SMARTS) is 1. The van der Waals surface area contributed by atoms with Crippen LogP contribution < -0.4 is 9.04 Å². The van der Waals surface area contributed by atoms with Gasteiger partial charge < -0.3 is 20.1 Å². The Morgan fingerprint density at radius 3 is 2.40 bits per heavy atom. The zero-order chi connectivity index (χ0) is 30.7. The third kappa shape index (κ3) is 5.29. The van der Waals surface area contributed by atoms with Crippen molar-refractivity contribution >= 4 is 21.7 Å². The molecule has 224 valence electrons. The SMILES string of the molecule is O=C(O)[C@]1(C[C@H]2CN(S(=O)(=O)c3cccc(C(F)(F)F)c3)c3cc(-c4cc(F)ccc4F)ccc3O2)C[C@@](O)(CO)C1. The summed E-state index contributed by atoms with van der Waals surface area (Å²) in [4.78, 5) is 11.5. The molecule has 14 heteroatoms. The van der Waals surface area contributed by atoms with Gasteiger partial charge >= 0.3 is 12.1 Å². The molecule has 0 saturated heterocycles. The van der Waals surface area contributed by atoms with Gasteiger partial charge in [-0.3, -0.25) is 9.10 Å². The van der Waals surface area contributed by atoms with Crippen molar-refractivity contribution in [1.82, 2.24) is 0 Å². The summed E-state index contributed by atoms with van der Waals surface area (Å²) in [5, 5.41) is 29.6. The lowest BCUT2D eigenvalue weighted by atomic mass is 9.57. The number of benzene rings is 3. The number of halogens is 5. The first-order valence-electron chi connectivity index (χ1n) is 12.6. The highest BCUT2D eigenvalue weighted by atomic mass is 32.2. The van der Waals surface area contributed by atoms with E-state index in [0.717, 1.165) is 34.6 Å². The summed E-state index contributed by atoms with van der Waals surface area (Å²) < 4.78 is 103. The molecule has 0 aromatic heterocycles. The molecule has 3 aromatic carbocycles. The smallest absolute Gasteiger partial charge is 0.416 e. The molecule has 0 unspecified atom stereocenters. The Kier molecular flexibility index (Phi) is 7.23. The normalized spacial score (nSPS) is 24.0. The maximum absolute atomic E-state index is 14.6. The second kappa shape index (κ2) is 10.2. The van der Waals surface area contributed by atoms with E-state index in [2.05, 4.69) is 0 Å². The first kappa shape index (κ1) is 29.7. The largest absolute Gasteiger partial charge is 0.486 e. The first-order chi connectivity index (χ1) is 19.6. The lowest BCUT2D eigenvalue weighted by Crippen LogP contribution is -2.60. The van der Waals surface area contributed by atoms with E-state index in [0.29, 0.717) is 12.1 Å². The Hall–Kier alpha value is -3.75. The van der Waals surface area contributed by atoms with Gasteiger partial charge in [-0.15, -0.1) is 0 Å². The van der Waals surface area contributed by atoms with Gasteiger partial charge in [0.2, 0.25) is 0 Å². The number of alkyl halides is 3. The second-order valence-electron chi connectivity index (χ2n) is 10.6. The third-order valence-electron chi connectivity index (χ3n) is 7.58. The Balaban J connectivity index is 1.60. The average molecular weight is 614 g/mol. The predicted octanol–water partition coefficient (Wildman–Crippen LogP) is 4.59. The Labute approximate surface area is 236 Å². The summed E-state index contributed by atoms with van der Waals surface area (Å²) in [7, 11) is -4.75. The fourth-order valence-electron chi connectivity index (χ4n) is 5.63. The number of carbonyl (C=O) groups is 1. The van der Waals surface area contributed by atoms with Crippen LogP contribution in [0.15, 0.2) is 65.6 Å². The van der Waals surface area contributed by atoms with E-state index < -0.39 is 74.5 Å². The lowest BCUT2D eigenvalue weighted by Gasteiger charge is -2.51. The highest BCUT2D eigenvalue weighted by Gasteiger charge is 2.59. The van der Waals surface area contributed by atoms with Gasteiger partial charge in [0, 0.05) is 12.0 Å². The maximum atomic E-state index is 14.6. The summed E-state index contributed by atoms with van der Waals surface area (Å²) in [6.07, 6.45) is -6.97. The van der Waals surface area contributed by atoms with Crippen molar-refractivity contribution in [2.24, 2.45) is 5.41 Å². The summed E-state index contributed by atoms with van der Waals surface area (Å²) in [6.45, 7) is -1.24. The summed E-state index contributed by atoms with van der Waals surface area (Å²) in [5.74, 6) is -2.99. The number of aliphatic hydroxyl groups is 2. The number of ether oxygens (including phenoxy) is 1. The molecule has 0 bridgehead atoms. The predicted molar refractivity (Wildman–Crippen MR) is 138 cm³/mol. The second-order valence-corrected chi connectivity index (χ2v) is 12.5. The van der Waals surface area contributed by atoms with Gasteiger partial charge in [0.25, 0.3) is 10.0 Å². The Morgan fingerprint density at radius 1 is 1.05 bits per heavy atom. The number of aliphatic hydroxyl groups excluding tert-OH is 1. The van der Waals surface area contributed by atoms with E-state index in [-0.39, 0.29) is 41.8 Å². The highest BCUT2D eigenvalue weighted by Crippen LogP contribution is 2.53. The van der Waals surface area contributed by atoms with E-state index in [4.69, 9.17) is 4.74 Å². The van der Waals surface area contributed by atoms with Crippen LogP contribution in [0.25, 0.3) is 11.1 Å². The van der Waals surface area contributed by atoms with Crippen molar-refractivity contribution in [1.29, 1.82) is 0 Å². The van der Waals surface area contributed by atoms with E-state index in [1.807, 2.05) is 0 Å². The molecule has 1 atom stereocenters. The lowest BCUT2D eigenvalue weighted by molar-refractivity contribution is -0.193. The molecule has 0 spiro atoms. The van der Waals surface area contributed by atoms with Crippen LogP contribution in [-0.2, 0) is 21.0 Å². The third-order valence-corrected chi connectivity index (χ3v) is 9.36. The summed E-state index contributed by atoms with van der Waals surface area (Å²) in [5.41, 5.74) is -4.78. The number of nitrogens with zero attached hydrogens (tertiary/aromatic N) is 1. The Bertz CT molecular complexity index is 1650. The summed E-state index contributed by atoms with van der Waals surface area (Å²) >= 11 is 0. The summed E-state index contributed by atoms with van der Waals surface area (Å²) in [6, 6.07) is 9.52. The van der Waals surface area contributed by atoms with E-state index >= 15 is 0 Å². The van der Waals surface area contributed by atoms with E-state index in [9.17, 15) is 50.5 Å². The molecular weight excluding hydrogens is 589 g/mol. The molecule has 5 rings (SSSR count). The van der Waals surface area contributed by atoms with Crippen molar-refractivity contribution in [2.75, 3.05) is 17.5 Å². The number of anilines is 1. The van der Waals surface area contributed by atoms with Gasteiger partial charge in [-0.1, -0.05) is 12.1 Å². The fourth-order valence-corrected chi connectivity index (χ4v) is 7.18. The van der Waals surface area contributed by atoms with Crippen molar-refractivity contribution in [3.8, 4) is 16.9 Å². The quantitative estimate of drug-likeness (QED) is 0.333. The number of rotatable bonds is 7. The minimum absolute atomic E-state index is 0.0473. The number of fused-ring (bicyclic) bond motifs is 1. The molecule has 1 saturated carbocycles. The molecule has 0 amide bonds. The van der Waals surface area contributed by atoms with Crippen LogP contribution in [-0.4, -0.2) is 54.6 Å². The number of hydrogen-bond donors (Lipinski definition) is 3. The maximum Gasteiger partial charge on any atom is 0.416 e. The van der Waals surface area contributed by atoms with Crippen molar-refractivity contribution in [3.05, 3.63) is 77.9 Å². The molecule has 1 aliphatic heterocycles. The first-order valence-corrected chi connectivity index (χ1v) is 14.0. The van der Waals surface area contributed by atoms with E-state index in [1.54, 1.807) is 0 Å². The van der Waals surface area contributed by atoms with E-state index in [1.165, 1.54) is 18.2 Å². The topological polar surface area (TPSA) is 124 Å². The van der Waals surface area contributed by atoms with Crippen LogP contribution in [0.4, 0.5) is 27.6 Å². The number of carboxylic acids is 1. The number of sulfonamides is 1. The molecule has 3 N–H and O–H groups in total. The van der Waals surface area contributed by atoms with Crippen LogP contribution in [0.2, 0.25) is 0 Å². The molecule has 1 aliphatic carbocycles. The van der Waals surface area contributed by atoms with Crippen molar-refractivity contribution < 1.29 is 55.2 Å². The van der Waals surface area contributed by atoms with Gasteiger partial charge in [-0.25, -0.2) is 17.2 Å². The molecule has 2 aliphatic rings. The van der Waals surface area contributed by atoms with Crippen molar-refractivity contribution in [3.63, 3.8) is 0 Å². The van der Waals surface area contributed by atoms with Gasteiger partial charge in [-0.05, 0) is 66.9 Å². The molecule has 0 radical (unpaired) electrons. The number of hydrogen-bond acceptors (Lipinski definition) is 6. The molecule has 1 heterocycles. The molecule has 8 nitrogen and oxygen atoms in total. The van der Waals surface area contributed by atoms with Crippen molar-refractivity contribution in [2.45, 2.75) is 42.0 Å². The monoisotopic (exact) mass is 613 g/mol. The molecular formula is C28H24F5NO7S. The van der Waals surface area contributed by atoms with Crippen LogP contribution >= 0.6 is 0 Å². The number of aliphatic carboxylic acids is 1. The minimum Gasteiger partial charge on any atom is -0.486 e. The molecule has 1 fully saturated rings. The van der Waals surface area contributed by atoms with Crippen LogP contribution in [0.3, 0.4) is 0 Å². The van der Waals surface area contributed by atoms with Gasteiger partial charge in [0.15, 0.2) is 0 Å². The zero-order valence-corrected chi connectivity index (χ0v) is 22.4. The standard InChI is InChI=1S/C28H24F5NO7S/c29-18-5-6-22(30)21(10-18)16-4-7-24-23(8-16)34(42(39,40)20-3-1-2-17(9-20)28(31,32)33)12-19(41-24)11-26(25(36)37)13-27(38,14-26)15-35/h1-10,19,35,38H,11-15H2,(H,36,37)/t19-,26-,27+/m0/s1. The molecule has 42 heavy (non-hydrogen) atoms. The van der Waals surface area contributed by atoms with Crippen LogP contribution in [0.1, 0.15) is 24.8 Å².